The van der Waals surface area contributed by atoms with Crippen LogP contribution in [-0.4, -0.2) is 15.0 Å². The van der Waals surface area contributed by atoms with E-state index >= 15 is 0 Å². The van der Waals surface area contributed by atoms with E-state index in [4.69, 9.17) is 15.0 Å². The van der Waals surface area contributed by atoms with Gasteiger partial charge in [0.25, 0.3) is 0 Å². The average Bonchev–Trinajstić information content (AvgIpc) is 3.81. The maximum Gasteiger partial charge on any atom is 0.164 e. The molecular weight excluding hydrogens is 699 g/mol. The van der Waals surface area contributed by atoms with Crippen LogP contribution >= 0.6 is 11.3 Å². The van der Waals surface area contributed by atoms with Crippen molar-refractivity contribution in [3.05, 3.63) is 222 Å². The fourth-order valence-electron chi connectivity index (χ4n) is 8.78. The first-order valence-electron chi connectivity index (χ1n) is 18.9. The van der Waals surface area contributed by atoms with E-state index in [1.165, 1.54) is 53.6 Å². The van der Waals surface area contributed by atoms with Crippen molar-refractivity contribution >= 4 is 31.5 Å². The van der Waals surface area contributed by atoms with Crippen LogP contribution in [0, 0.1) is 0 Å². The summed E-state index contributed by atoms with van der Waals surface area (Å²) >= 11 is 1.85. The van der Waals surface area contributed by atoms with Gasteiger partial charge in [-0.15, -0.1) is 11.3 Å². The van der Waals surface area contributed by atoms with Crippen molar-refractivity contribution in [2.45, 2.75) is 5.41 Å². The summed E-state index contributed by atoms with van der Waals surface area (Å²) < 4.78 is 2.52. The zero-order valence-corrected chi connectivity index (χ0v) is 31.1. The van der Waals surface area contributed by atoms with Crippen LogP contribution < -0.4 is 0 Å². The standard InChI is InChI=1S/C52H33N3S/c1-5-18-34(19-6-1)49-53-50(35-20-7-2-8-21-35)55-51(54-49)44-32-43-38-26-13-15-30-45(38)52(36-22-9-3-10-23-36,37-24-11-4-12-25-37)46(43)33-42(44)41-29-17-28-40-39-27-14-16-31-47(39)56-48(40)41/h1-33H. The largest absolute Gasteiger partial charge is 0.208 e. The van der Waals surface area contributed by atoms with Gasteiger partial charge in [0.15, 0.2) is 17.5 Å². The van der Waals surface area contributed by atoms with Crippen molar-refractivity contribution in [2.75, 3.05) is 0 Å². The van der Waals surface area contributed by atoms with Gasteiger partial charge in [0.2, 0.25) is 0 Å². The first-order valence-corrected chi connectivity index (χ1v) is 19.8. The van der Waals surface area contributed by atoms with Gasteiger partial charge in [-0.3, -0.25) is 0 Å². The summed E-state index contributed by atoms with van der Waals surface area (Å²) in [5, 5.41) is 2.52. The van der Waals surface area contributed by atoms with Gasteiger partial charge in [-0.25, -0.2) is 15.0 Å². The number of rotatable bonds is 6. The zero-order chi connectivity index (χ0) is 37.1. The number of nitrogens with zero attached hydrogens (tertiary/aromatic N) is 3. The Morgan fingerprint density at radius 1 is 0.339 bits per heavy atom. The molecule has 4 heteroatoms. The molecular formula is C52H33N3S. The maximum absolute atomic E-state index is 5.32. The minimum atomic E-state index is -0.556. The van der Waals surface area contributed by atoms with Gasteiger partial charge in [-0.2, -0.15) is 0 Å². The Balaban J connectivity index is 1.29. The van der Waals surface area contributed by atoms with Gasteiger partial charge in [0.1, 0.15) is 0 Å². The molecule has 10 aromatic rings. The van der Waals surface area contributed by atoms with Gasteiger partial charge >= 0.3 is 0 Å². The highest BCUT2D eigenvalue weighted by Gasteiger charge is 2.46. The molecule has 1 aliphatic rings. The lowest BCUT2D eigenvalue weighted by Crippen LogP contribution is -2.28. The van der Waals surface area contributed by atoms with Crippen LogP contribution in [-0.2, 0) is 5.41 Å². The number of thiophene rings is 1. The lowest BCUT2D eigenvalue weighted by Gasteiger charge is -2.34. The molecule has 0 bridgehead atoms. The summed E-state index contributed by atoms with van der Waals surface area (Å²) in [6.07, 6.45) is 0. The molecule has 11 rings (SSSR count). The first-order chi connectivity index (χ1) is 27.8. The monoisotopic (exact) mass is 731 g/mol. The van der Waals surface area contributed by atoms with E-state index in [1.807, 2.05) is 47.7 Å². The Labute approximate surface area is 329 Å². The van der Waals surface area contributed by atoms with E-state index in [2.05, 4.69) is 164 Å². The van der Waals surface area contributed by atoms with E-state index in [9.17, 15) is 0 Å². The minimum Gasteiger partial charge on any atom is -0.208 e. The van der Waals surface area contributed by atoms with Gasteiger partial charge in [-0.1, -0.05) is 182 Å². The van der Waals surface area contributed by atoms with Crippen LogP contribution in [0.15, 0.2) is 200 Å². The molecule has 3 nitrogen and oxygen atoms in total. The van der Waals surface area contributed by atoms with Crippen molar-refractivity contribution in [1.82, 2.24) is 15.0 Å². The molecule has 262 valence electrons. The molecule has 0 fully saturated rings. The maximum atomic E-state index is 5.32. The predicted molar refractivity (Wildman–Crippen MR) is 232 cm³/mol. The first kappa shape index (κ1) is 32.4. The van der Waals surface area contributed by atoms with Crippen molar-refractivity contribution in [1.29, 1.82) is 0 Å². The summed E-state index contributed by atoms with van der Waals surface area (Å²) in [6.45, 7) is 0. The molecule has 0 spiro atoms. The second-order valence-corrected chi connectivity index (χ2v) is 15.3. The molecule has 0 saturated heterocycles. The van der Waals surface area contributed by atoms with Crippen LogP contribution in [0.3, 0.4) is 0 Å². The number of fused-ring (bicyclic) bond motifs is 6. The van der Waals surface area contributed by atoms with E-state index in [-0.39, 0.29) is 0 Å². The summed E-state index contributed by atoms with van der Waals surface area (Å²) in [5.74, 6) is 1.93. The van der Waals surface area contributed by atoms with Crippen LogP contribution in [0.25, 0.3) is 76.6 Å². The van der Waals surface area contributed by atoms with Gasteiger partial charge in [-0.05, 0) is 57.1 Å². The fourth-order valence-corrected chi connectivity index (χ4v) is 10.0. The number of hydrogen-bond donors (Lipinski definition) is 0. The molecule has 0 radical (unpaired) electrons. The summed E-state index contributed by atoms with van der Waals surface area (Å²) in [7, 11) is 0. The molecule has 0 unspecified atom stereocenters. The van der Waals surface area contributed by atoms with Crippen LogP contribution in [0.2, 0.25) is 0 Å². The summed E-state index contributed by atoms with van der Waals surface area (Å²) in [4.78, 5) is 15.7. The topological polar surface area (TPSA) is 38.7 Å². The third kappa shape index (κ3) is 5.00. The zero-order valence-electron chi connectivity index (χ0n) is 30.3. The van der Waals surface area contributed by atoms with Crippen LogP contribution in [0.4, 0.5) is 0 Å². The Kier molecular flexibility index (Phi) is 7.58. The number of benzene rings is 8. The van der Waals surface area contributed by atoms with Gasteiger partial charge < -0.3 is 0 Å². The molecule has 0 saturated carbocycles. The normalized spacial score (nSPS) is 12.8. The van der Waals surface area contributed by atoms with Crippen molar-refractivity contribution < 1.29 is 0 Å². The quantitative estimate of drug-likeness (QED) is 0.171. The molecule has 56 heavy (non-hydrogen) atoms. The van der Waals surface area contributed by atoms with E-state index in [1.54, 1.807) is 0 Å². The van der Waals surface area contributed by atoms with E-state index in [0.717, 1.165) is 27.8 Å². The molecule has 0 aliphatic heterocycles. The average molecular weight is 732 g/mol. The van der Waals surface area contributed by atoms with Crippen molar-refractivity contribution in [3.8, 4) is 56.4 Å². The Bertz CT molecular complexity index is 2970. The molecule has 2 aromatic heterocycles. The number of hydrogen-bond acceptors (Lipinski definition) is 4. The molecule has 2 heterocycles. The van der Waals surface area contributed by atoms with Crippen molar-refractivity contribution in [2.24, 2.45) is 0 Å². The minimum absolute atomic E-state index is 0.556. The summed E-state index contributed by atoms with van der Waals surface area (Å²) in [6, 6.07) is 71.6. The van der Waals surface area contributed by atoms with Crippen LogP contribution in [0.5, 0.6) is 0 Å². The highest BCUT2D eigenvalue weighted by molar-refractivity contribution is 7.26. The number of aromatic nitrogens is 3. The Hall–Kier alpha value is -7.01. The Morgan fingerprint density at radius 2 is 0.857 bits per heavy atom. The second-order valence-electron chi connectivity index (χ2n) is 14.3. The summed E-state index contributed by atoms with van der Waals surface area (Å²) in [5.41, 5.74) is 11.9. The van der Waals surface area contributed by atoms with E-state index in [0.29, 0.717) is 17.5 Å². The highest BCUT2D eigenvalue weighted by Crippen LogP contribution is 2.58. The molecule has 0 atom stereocenters. The SMILES string of the molecule is c1ccc(-c2nc(-c3ccccc3)nc(-c3cc4c(cc3-c3cccc5c3sc3ccccc35)C(c3ccccc3)(c3ccccc3)c3ccccc3-4)n2)cc1. The van der Waals surface area contributed by atoms with Gasteiger partial charge in [0, 0.05) is 42.4 Å². The van der Waals surface area contributed by atoms with E-state index < -0.39 is 5.41 Å². The predicted octanol–water partition coefficient (Wildman–Crippen LogP) is 13.3. The third-order valence-corrected chi connectivity index (χ3v) is 12.5. The highest BCUT2D eigenvalue weighted by atomic mass is 32.1. The van der Waals surface area contributed by atoms with Crippen LogP contribution in [0.1, 0.15) is 22.3 Å². The van der Waals surface area contributed by atoms with Gasteiger partial charge in [0.05, 0.1) is 5.41 Å². The third-order valence-electron chi connectivity index (χ3n) is 11.2. The second kappa shape index (κ2) is 13.1. The van der Waals surface area contributed by atoms with Crippen molar-refractivity contribution in [3.63, 3.8) is 0 Å². The molecule has 1 aliphatic carbocycles. The lowest BCUT2D eigenvalue weighted by atomic mass is 9.67. The Morgan fingerprint density at radius 3 is 1.52 bits per heavy atom. The molecule has 0 N–H and O–H groups in total. The fraction of sp³-hybridized carbons (Fsp3) is 0.0192. The smallest absolute Gasteiger partial charge is 0.164 e. The lowest BCUT2D eigenvalue weighted by molar-refractivity contribution is 0.769. The molecule has 0 amide bonds. The molecule has 8 aromatic carbocycles.